The molecular weight excluding hydrogens is 398 g/mol. The first kappa shape index (κ1) is 21.7. The second kappa shape index (κ2) is 7.86. The first-order valence-corrected chi connectivity index (χ1v) is 10.8. The van der Waals surface area contributed by atoms with Crippen LogP contribution < -0.4 is 11.1 Å². The molecule has 32 heavy (non-hydrogen) atoms. The third-order valence-corrected chi connectivity index (χ3v) is 5.54. The lowest BCUT2D eigenvalue weighted by Crippen LogP contribution is -2.25. The summed E-state index contributed by atoms with van der Waals surface area (Å²) in [6.45, 7) is 11.2. The van der Waals surface area contributed by atoms with Gasteiger partial charge in [-0.25, -0.2) is 0 Å². The van der Waals surface area contributed by atoms with E-state index in [0.717, 1.165) is 28.7 Å². The maximum atomic E-state index is 11.2. The van der Waals surface area contributed by atoms with Crippen LogP contribution in [0.25, 0.3) is 16.7 Å². The fourth-order valence-corrected chi connectivity index (χ4v) is 4.37. The maximum absolute atomic E-state index is 11.2. The van der Waals surface area contributed by atoms with Crippen molar-refractivity contribution >= 4 is 28.1 Å². The van der Waals surface area contributed by atoms with E-state index in [9.17, 15) is 5.11 Å². The van der Waals surface area contributed by atoms with Gasteiger partial charge in [-0.1, -0.05) is 46.8 Å². The Morgan fingerprint density at radius 3 is 2.06 bits per heavy atom. The predicted octanol–water partition coefficient (Wildman–Crippen LogP) is 6.17. The van der Waals surface area contributed by atoms with Crippen LogP contribution in [-0.2, 0) is 5.41 Å². The van der Waals surface area contributed by atoms with Crippen molar-refractivity contribution in [3.63, 3.8) is 0 Å². The molecule has 166 valence electrons. The number of nitrogen functional groups attached to an aromatic ring is 1. The Kier molecular flexibility index (Phi) is 5.33. The highest BCUT2D eigenvalue weighted by Gasteiger charge is 2.29. The lowest BCUT2D eigenvalue weighted by molar-refractivity contribution is 0.284. The van der Waals surface area contributed by atoms with Gasteiger partial charge in [-0.2, -0.15) is 0 Å². The smallest absolute Gasteiger partial charge is 0.166 e. The van der Waals surface area contributed by atoms with Crippen LogP contribution in [0.4, 0.5) is 17.1 Å². The van der Waals surface area contributed by atoms with Crippen molar-refractivity contribution in [1.82, 2.24) is 15.0 Å². The maximum Gasteiger partial charge on any atom is 0.166 e. The van der Waals surface area contributed by atoms with Gasteiger partial charge >= 0.3 is 0 Å². The van der Waals surface area contributed by atoms with Gasteiger partial charge < -0.3 is 16.2 Å². The second-order valence-electron chi connectivity index (χ2n) is 10.2. The Labute approximate surface area is 189 Å². The van der Waals surface area contributed by atoms with E-state index in [0.29, 0.717) is 17.1 Å². The molecule has 0 atom stereocenters. The van der Waals surface area contributed by atoms with Crippen LogP contribution in [0.1, 0.15) is 46.6 Å². The molecule has 4 rings (SSSR count). The number of rotatable bonds is 5. The number of anilines is 3. The van der Waals surface area contributed by atoms with Gasteiger partial charge in [-0.15, -0.1) is 15.0 Å². The molecule has 0 aliphatic heterocycles. The summed E-state index contributed by atoms with van der Waals surface area (Å²) >= 11 is 0. The lowest BCUT2D eigenvalue weighted by atomic mass is 9.72. The van der Waals surface area contributed by atoms with E-state index in [1.54, 1.807) is 0 Å². The fraction of sp³-hybridized carbons (Fsp3) is 0.308. The minimum Gasteiger partial charge on any atom is -0.504 e. The summed E-state index contributed by atoms with van der Waals surface area (Å²) in [5.74, 6) is 0.0949. The number of aromatic nitrogens is 3. The van der Waals surface area contributed by atoms with Crippen LogP contribution in [0, 0.1) is 5.41 Å². The van der Waals surface area contributed by atoms with E-state index in [4.69, 9.17) is 5.73 Å². The zero-order chi connectivity index (χ0) is 23.1. The largest absolute Gasteiger partial charge is 0.504 e. The van der Waals surface area contributed by atoms with Crippen LogP contribution in [0.15, 0.2) is 60.7 Å². The van der Waals surface area contributed by atoms with E-state index in [2.05, 4.69) is 50.1 Å². The normalized spacial score (nSPS) is 12.3. The van der Waals surface area contributed by atoms with Crippen LogP contribution in [0.3, 0.4) is 0 Å². The molecule has 6 nitrogen and oxygen atoms in total. The fourth-order valence-electron chi connectivity index (χ4n) is 4.37. The van der Waals surface area contributed by atoms with E-state index in [1.807, 2.05) is 60.7 Å². The quantitative estimate of drug-likeness (QED) is 0.261. The third-order valence-electron chi connectivity index (χ3n) is 5.54. The summed E-state index contributed by atoms with van der Waals surface area (Å²) in [5.41, 5.74) is 11.2. The zero-order valence-electron chi connectivity index (χ0n) is 19.3. The summed E-state index contributed by atoms with van der Waals surface area (Å²) in [5, 5.41) is 23.8. The zero-order valence-corrected chi connectivity index (χ0v) is 19.3. The minimum absolute atomic E-state index is 0.0949. The molecule has 1 heterocycles. The van der Waals surface area contributed by atoms with Crippen molar-refractivity contribution in [3.8, 4) is 11.4 Å². The molecule has 0 bridgehead atoms. The number of hydrogen-bond acceptors (Lipinski definition) is 5. The van der Waals surface area contributed by atoms with Crippen LogP contribution >= 0.6 is 0 Å². The van der Waals surface area contributed by atoms with E-state index in [-0.39, 0.29) is 16.6 Å². The average molecular weight is 430 g/mol. The van der Waals surface area contributed by atoms with Gasteiger partial charge in [0.2, 0.25) is 0 Å². The lowest BCUT2D eigenvalue weighted by Gasteiger charge is -2.33. The molecule has 0 saturated heterocycles. The van der Waals surface area contributed by atoms with Gasteiger partial charge in [-0.05, 0) is 71.3 Å². The second-order valence-corrected chi connectivity index (χ2v) is 10.2. The summed E-state index contributed by atoms with van der Waals surface area (Å²) in [6, 6.07) is 19.1. The van der Waals surface area contributed by atoms with Crippen LogP contribution in [0.5, 0.6) is 5.75 Å². The SMILES string of the molecule is CC(C)(C)CC(C)(C)c1cc(Nc2ccc(N)cc2)c(O)c(-n2nc3ccccc3n2)c1. The van der Waals surface area contributed by atoms with Crippen LogP contribution in [0.2, 0.25) is 0 Å². The molecule has 6 heteroatoms. The average Bonchev–Trinajstić information content (AvgIpc) is 3.13. The van der Waals surface area contributed by atoms with Gasteiger partial charge in [0.1, 0.15) is 16.7 Å². The molecule has 1 aromatic heterocycles. The third kappa shape index (κ3) is 4.54. The Morgan fingerprint density at radius 1 is 0.906 bits per heavy atom. The Hall–Kier alpha value is -3.54. The number of aromatic hydroxyl groups is 1. The van der Waals surface area contributed by atoms with Crippen molar-refractivity contribution < 1.29 is 5.11 Å². The molecule has 3 aromatic carbocycles. The summed E-state index contributed by atoms with van der Waals surface area (Å²) in [6.07, 6.45) is 0.972. The molecule has 0 amide bonds. The van der Waals surface area contributed by atoms with E-state index >= 15 is 0 Å². The standard InChI is InChI=1S/C26H31N5O/c1-25(2,3)16-26(4,5)17-14-22(28-19-12-10-18(27)11-13-19)24(32)23(15-17)31-29-20-8-6-7-9-21(20)30-31/h6-15,28,32H,16,27H2,1-5H3. The van der Waals surface area contributed by atoms with Crippen molar-refractivity contribution in [3.05, 3.63) is 66.2 Å². The molecule has 0 fully saturated rings. The molecule has 4 N–H and O–H groups in total. The number of nitrogens with zero attached hydrogens (tertiary/aromatic N) is 3. The summed E-state index contributed by atoms with van der Waals surface area (Å²) in [4.78, 5) is 1.52. The van der Waals surface area contributed by atoms with Gasteiger partial charge in [0.25, 0.3) is 0 Å². The first-order chi connectivity index (χ1) is 15.0. The number of phenolic OH excluding ortho intramolecular Hbond substituents is 1. The topological polar surface area (TPSA) is 89.0 Å². The number of benzene rings is 3. The molecule has 0 spiro atoms. The van der Waals surface area contributed by atoms with Gasteiger partial charge in [-0.3, -0.25) is 0 Å². The molecule has 0 aliphatic rings. The minimum atomic E-state index is -0.134. The number of phenols is 1. The number of hydrogen-bond donors (Lipinski definition) is 3. The van der Waals surface area contributed by atoms with Crippen molar-refractivity contribution in [2.45, 2.75) is 46.5 Å². The van der Waals surface area contributed by atoms with Gasteiger partial charge in [0.05, 0.1) is 5.69 Å². The van der Waals surface area contributed by atoms with Gasteiger partial charge in [0.15, 0.2) is 5.75 Å². The Bertz CT molecular complexity index is 1220. The highest BCUT2D eigenvalue weighted by atomic mass is 16.3. The highest BCUT2D eigenvalue weighted by molar-refractivity contribution is 5.76. The Balaban J connectivity index is 1.86. The predicted molar refractivity (Wildman–Crippen MR) is 132 cm³/mol. The number of nitrogens with one attached hydrogen (secondary N) is 1. The molecule has 0 saturated carbocycles. The van der Waals surface area contributed by atoms with E-state index in [1.165, 1.54) is 4.80 Å². The van der Waals surface area contributed by atoms with E-state index < -0.39 is 0 Å². The molecule has 4 aromatic rings. The first-order valence-electron chi connectivity index (χ1n) is 10.8. The summed E-state index contributed by atoms with van der Waals surface area (Å²) in [7, 11) is 0. The van der Waals surface area contributed by atoms with Crippen LogP contribution in [-0.4, -0.2) is 20.1 Å². The monoisotopic (exact) mass is 429 g/mol. The number of fused-ring (bicyclic) bond motifs is 1. The van der Waals surface area contributed by atoms with Crippen molar-refractivity contribution in [2.24, 2.45) is 5.41 Å². The Morgan fingerprint density at radius 2 is 1.50 bits per heavy atom. The summed E-state index contributed by atoms with van der Waals surface area (Å²) < 4.78 is 0. The van der Waals surface area contributed by atoms with Gasteiger partial charge in [0, 0.05) is 11.4 Å². The molecular formula is C26H31N5O. The van der Waals surface area contributed by atoms with Crippen molar-refractivity contribution in [1.29, 1.82) is 0 Å². The highest BCUT2D eigenvalue weighted by Crippen LogP contribution is 2.42. The molecule has 0 unspecified atom stereocenters. The molecule has 0 radical (unpaired) electrons. The molecule has 0 aliphatic carbocycles. The number of nitrogens with two attached hydrogens (primary N) is 1. The van der Waals surface area contributed by atoms with Crippen molar-refractivity contribution in [2.75, 3.05) is 11.1 Å².